The van der Waals surface area contributed by atoms with E-state index in [1.165, 1.54) is 11.3 Å². The molecular formula is C15H11NOS. The lowest BCUT2D eigenvalue weighted by Gasteiger charge is -2.04. The lowest BCUT2D eigenvalue weighted by atomic mass is 10.0. The highest BCUT2D eigenvalue weighted by Crippen LogP contribution is 2.19. The normalized spacial score (nSPS) is 10.7. The van der Waals surface area contributed by atoms with Crippen LogP contribution in [0.15, 0.2) is 54.0 Å². The molecule has 0 fully saturated rings. The number of nitrogens with zero attached hydrogens (tertiary/aromatic N) is 1. The van der Waals surface area contributed by atoms with Crippen LogP contribution >= 0.6 is 11.3 Å². The van der Waals surface area contributed by atoms with Gasteiger partial charge in [0.1, 0.15) is 0 Å². The van der Waals surface area contributed by atoms with E-state index in [0.29, 0.717) is 6.42 Å². The summed E-state index contributed by atoms with van der Waals surface area (Å²) in [5.41, 5.74) is 1.91. The second kappa shape index (κ2) is 4.70. The molecule has 18 heavy (non-hydrogen) atoms. The van der Waals surface area contributed by atoms with Crippen molar-refractivity contribution in [2.24, 2.45) is 0 Å². The zero-order chi connectivity index (χ0) is 12.4. The molecule has 2 aromatic heterocycles. The highest BCUT2D eigenvalue weighted by molar-refractivity contribution is 7.12. The maximum absolute atomic E-state index is 12.1. The van der Waals surface area contributed by atoms with Crippen molar-refractivity contribution in [1.82, 2.24) is 4.98 Å². The van der Waals surface area contributed by atoms with Gasteiger partial charge in [-0.15, -0.1) is 11.3 Å². The summed E-state index contributed by atoms with van der Waals surface area (Å²) in [7, 11) is 0. The number of rotatable bonds is 3. The number of benzene rings is 1. The fraction of sp³-hybridized carbons (Fsp3) is 0.0667. The average Bonchev–Trinajstić information content (AvgIpc) is 2.93. The zero-order valence-corrected chi connectivity index (χ0v) is 10.5. The van der Waals surface area contributed by atoms with E-state index >= 15 is 0 Å². The third kappa shape index (κ3) is 2.05. The summed E-state index contributed by atoms with van der Waals surface area (Å²) in [5.74, 6) is 0.156. The quantitative estimate of drug-likeness (QED) is 0.666. The molecule has 0 N–H and O–H groups in total. The number of carbonyl (C=O) groups excluding carboxylic acids is 1. The number of pyridine rings is 1. The maximum atomic E-state index is 12.1. The third-order valence-electron chi connectivity index (χ3n) is 2.86. The smallest absolute Gasteiger partial charge is 0.177 e. The summed E-state index contributed by atoms with van der Waals surface area (Å²) >= 11 is 1.49. The number of fused-ring (bicyclic) bond motifs is 1. The summed E-state index contributed by atoms with van der Waals surface area (Å²) in [4.78, 5) is 17.3. The Balaban J connectivity index is 1.98. The van der Waals surface area contributed by atoms with Gasteiger partial charge < -0.3 is 0 Å². The molecular weight excluding hydrogens is 242 g/mol. The summed E-state index contributed by atoms with van der Waals surface area (Å²) in [5, 5.41) is 3.00. The SMILES string of the molecule is O=C(Cc1cccc2cccnc12)c1cccs1. The number of ketones is 1. The van der Waals surface area contributed by atoms with Gasteiger partial charge in [-0.05, 0) is 23.1 Å². The Kier molecular flexibility index (Phi) is 2.90. The molecule has 0 unspecified atom stereocenters. The molecule has 0 saturated heterocycles. The minimum absolute atomic E-state index is 0.156. The summed E-state index contributed by atoms with van der Waals surface area (Å²) < 4.78 is 0. The van der Waals surface area contributed by atoms with Crippen LogP contribution in [0, 0.1) is 0 Å². The molecule has 3 aromatic rings. The Morgan fingerprint density at radius 1 is 1.11 bits per heavy atom. The molecule has 1 aromatic carbocycles. The molecule has 0 spiro atoms. The number of aromatic nitrogens is 1. The van der Waals surface area contributed by atoms with Crippen molar-refractivity contribution >= 4 is 28.0 Å². The van der Waals surface area contributed by atoms with Crippen LogP contribution in [0.5, 0.6) is 0 Å². The Bertz CT molecular complexity index is 683. The predicted molar refractivity (Wildman–Crippen MR) is 74.1 cm³/mol. The van der Waals surface area contributed by atoms with E-state index in [9.17, 15) is 4.79 Å². The van der Waals surface area contributed by atoms with E-state index in [4.69, 9.17) is 0 Å². The first-order chi connectivity index (χ1) is 8.84. The van der Waals surface area contributed by atoms with Crippen LogP contribution in [-0.4, -0.2) is 10.8 Å². The molecule has 0 radical (unpaired) electrons. The Morgan fingerprint density at radius 2 is 2.00 bits per heavy atom. The molecule has 2 nitrogen and oxygen atoms in total. The van der Waals surface area contributed by atoms with Crippen LogP contribution in [0.2, 0.25) is 0 Å². The maximum Gasteiger partial charge on any atom is 0.177 e. The molecule has 2 heterocycles. The average molecular weight is 253 g/mol. The molecule has 0 saturated carbocycles. The number of Topliss-reactive ketones (excluding diaryl/α,β-unsaturated/α-hetero) is 1. The Labute approximate surface area is 109 Å². The molecule has 3 heteroatoms. The molecule has 88 valence electrons. The minimum atomic E-state index is 0.156. The predicted octanol–water partition coefficient (Wildman–Crippen LogP) is 3.72. The van der Waals surface area contributed by atoms with Gasteiger partial charge in [-0.25, -0.2) is 0 Å². The van der Waals surface area contributed by atoms with Gasteiger partial charge in [0.05, 0.1) is 10.4 Å². The monoisotopic (exact) mass is 253 g/mol. The zero-order valence-electron chi connectivity index (χ0n) is 9.67. The van der Waals surface area contributed by atoms with Gasteiger partial charge in [-0.1, -0.05) is 30.3 Å². The highest BCUT2D eigenvalue weighted by atomic mass is 32.1. The van der Waals surface area contributed by atoms with Crippen LogP contribution in [0.4, 0.5) is 0 Å². The molecule has 0 aliphatic heterocycles. The van der Waals surface area contributed by atoms with Crippen LogP contribution in [0.25, 0.3) is 10.9 Å². The number of hydrogen-bond donors (Lipinski definition) is 0. The molecule has 0 atom stereocenters. The van der Waals surface area contributed by atoms with Crippen molar-refractivity contribution in [3.63, 3.8) is 0 Å². The second-order valence-electron chi connectivity index (χ2n) is 4.07. The van der Waals surface area contributed by atoms with Gasteiger partial charge >= 0.3 is 0 Å². The summed E-state index contributed by atoms with van der Waals surface area (Å²) in [6.07, 6.45) is 2.18. The van der Waals surface area contributed by atoms with Gasteiger partial charge in [-0.3, -0.25) is 9.78 Å². The number of thiophene rings is 1. The molecule has 3 rings (SSSR count). The van der Waals surface area contributed by atoms with Crippen molar-refractivity contribution in [3.8, 4) is 0 Å². The van der Waals surface area contributed by atoms with Gasteiger partial charge in [0.25, 0.3) is 0 Å². The second-order valence-corrected chi connectivity index (χ2v) is 5.02. The first kappa shape index (κ1) is 11.1. The molecule has 0 bridgehead atoms. The summed E-state index contributed by atoms with van der Waals surface area (Å²) in [6.45, 7) is 0. The van der Waals surface area contributed by atoms with E-state index in [2.05, 4.69) is 4.98 Å². The van der Waals surface area contributed by atoms with Crippen LogP contribution in [0.1, 0.15) is 15.2 Å². The van der Waals surface area contributed by atoms with Crippen molar-refractivity contribution in [1.29, 1.82) is 0 Å². The Morgan fingerprint density at radius 3 is 2.83 bits per heavy atom. The fourth-order valence-corrected chi connectivity index (χ4v) is 2.67. The standard InChI is InChI=1S/C15H11NOS/c17-13(14-7-3-9-18-14)10-12-5-1-4-11-6-2-8-16-15(11)12/h1-9H,10H2. The lowest BCUT2D eigenvalue weighted by Crippen LogP contribution is -2.02. The first-order valence-corrected chi connectivity index (χ1v) is 6.62. The molecule has 0 aliphatic rings. The highest BCUT2D eigenvalue weighted by Gasteiger charge is 2.10. The van der Waals surface area contributed by atoms with Crippen molar-refractivity contribution < 1.29 is 4.79 Å². The van der Waals surface area contributed by atoms with E-state index in [1.807, 2.05) is 47.8 Å². The Hall–Kier alpha value is -2.00. The summed E-state index contributed by atoms with van der Waals surface area (Å²) in [6, 6.07) is 13.7. The number of carbonyl (C=O) groups is 1. The van der Waals surface area contributed by atoms with Crippen LogP contribution < -0.4 is 0 Å². The number of para-hydroxylation sites is 1. The van der Waals surface area contributed by atoms with Crippen molar-refractivity contribution in [2.75, 3.05) is 0 Å². The number of hydrogen-bond acceptors (Lipinski definition) is 3. The van der Waals surface area contributed by atoms with Crippen molar-refractivity contribution in [2.45, 2.75) is 6.42 Å². The largest absolute Gasteiger partial charge is 0.293 e. The lowest BCUT2D eigenvalue weighted by molar-refractivity contribution is 0.0997. The van der Waals surface area contributed by atoms with E-state index in [1.54, 1.807) is 6.20 Å². The van der Waals surface area contributed by atoms with Gasteiger partial charge in [-0.2, -0.15) is 0 Å². The first-order valence-electron chi connectivity index (χ1n) is 5.74. The van der Waals surface area contributed by atoms with Crippen molar-refractivity contribution in [3.05, 3.63) is 64.5 Å². The van der Waals surface area contributed by atoms with E-state index in [0.717, 1.165) is 21.3 Å². The van der Waals surface area contributed by atoms with E-state index < -0.39 is 0 Å². The van der Waals surface area contributed by atoms with Gasteiger partial charge in [0.2, 0.25) is 0 Å². The fourth-order valence-electron chi connectivity index (χ4n) is 2.01. The van der Waals surface area contributed by atoms with Gasteiger partial charge in [0, 0.05) is 18.0 Å². The molecule has 0 amide bonds. The van der Waals surface area contributed by atoms with Crippen LogP contribution in [-0.2, 0) is 6.42 Å². The van der Waals surface area contributed by atoms with Gasteiger partial charge in [0.15, 0.2) is 5.78 Å². The minimum Gasteiger partial charge on any atom is -0.293 e. The van der Waals surface area contributed by atoms with Crippen LogP contribution in [0.3, 0.4) is 0 Å². The topological polar surface area (TPSA) is 30.0 Å². The molecule has 0 aliphatic carbocycles. The third-order valence-corrected chi connectivity index (χ3v) is 3.77. The van der Waals surface area contributed by atoms with E-state index in [-0.39, 0.29) is 5.78 Å².